The van der Waals surface area contributed by atoms with Gasteiger partial charge in [-0.3, -0.25) is 4.40 Å². The number of imidazole rings is 1. The summed E-state index contributed by atoms with van der Waals surface area (Å²) in [7, 11) is 0. The third-order valence-electron chi connectivity index (χ3n) is 3.16. The van der Waals surface area contributed by atoms with Gasteiger partial charge >= 0.3 is 5.97 Å². The van der Waals surface area contributed by atoms with Gasteiger partial charge in [0, 0.05) is 11.3 Å². The number of fused-ring (bicyclic) bond motifs is 1. The Labute approximate surface area is 114 Å². The summed E-state index contributed by atoms with van der Waals surface area (Å²) in [5, 5.41) is 9.24. The number of hydrogen-bond acceptors (Lipinski definition) is 2. The SMILES string of the molecule is Cc1cccc2c(C(=O)O)nc(-c3ccc(F)cc3)n12. The molecular formula is C15H11FN2O2. The summed E-state index contributed by atoms with van der Waals surface area (Å²) < 4.78 is 14.8. The fourth-order valence-corrected chi connectivity index (χ4v) is 2.25. The van der Waals surface area contributed by atoms with Crippen molar-refractivity contribution in [2.45, 2.75) is 6.92 Å². The summed E-state index contributed by atoms with van der Waals surface area (Å²) >= 11 is 0. The minimum Gasteiger partial charge on any atom is -0.476 e. The van der Waals surface area contributed by atoms with Crippen LogP contribution in [-0.4, -0.2) is 20.5 Å². The number of aryl methyl sites for hydroxylation is 1. The van der Waals surface area contributed by atoms with E-state index in [4.69, 9.17) is 0 Å². The minimum atomic E-state index is -1.08. The molecule has 0 bridgehead atoms. The van der Waals surface area contributed by atoms with E-state index in [1.54, 1.807) is 28.7 Å². The molecule has 2 aromatic heterocycles. The van der Waals surface area contributed by atoms with E-state index in [0.717, 1.165) is 5.69 Å². The van der Waals surface area contributed by atoms with Crippen LogP contribution in [0.2, 0.25) is 0 Å². The first-order valence-corrected chi connectivity index (χ1v) is 6.05. The molecule has 5 heteroatoms. The van der Waals surface area contributed by atoms with Gasteiger partial charge in [0.05, 0.1) is 5.52 Å². The largest absolute Gasteiger partial charge is 0.476 e. The summed E-state index contributed by atoms with van der Waals surface area (Å²) in [6.07, 6.45) is 0. The number of benzene rings is 1. The van der Waals surface area contributed by atoms with E-state index in [2.05, 4.69) is 4.98 Å². The van der Waals surface area contributed by atoms with Crippen LogP contribution in [0.3, 0.4) is 0 Å². The molecule has 0 saturated carbocycles. The molecule has 0 aliphatic heterocycles. The van der Waals surface area contributed by atoms with Crippen molar-refractivity contribution in [2.75, 3.05) is 0 Å². The number of pyridine rings is 1. The molecule has 4 nitrogen and oxygen atoms in total. The lowest BCUT2D eigenvalue weighted by atomic mass is 10.2. The number of carboxylic acid groups (broad SMARTS) is 1. The van der Waals surface area contributed by atoms with E-state index >= 15 is 0 Å². The number of halogens is 1. The van der Waals surface area contributed by atoms with E-state index in [0.29, 0.717) is 16.9 Å². The van der Waals surface area contributed by atoms with Gasteiger partial charge in [-0.2, -0.15) is 0 Å². The van der Waals surface area contributed by atoms with Crippen molar-refractivity contribution in [2.24, 2.45) is 0 Å². The molecule has 3 rings (SSSR count). The van der Waals surface area contributed by atoms with Crippen LogP contribution in [0.15, 0.2) is 42.5 Å². The van der Waals surface area contributed by atoms with Crippen molar-refractivity contribution >= 4 is 11.5 Å². The van der Waals surface area contributed by atoms with Crippen LogP contribution in [0.4, 0.5) is 4.39 Å². The van der Waals surface area contributed by atoms with Crippen molar-refractivity contribution in [1.29, 1.82) is 0 Å². The molecule has 1 N–H and O–H groups in total. The maximum absolute atomic E-state index is 13.0. The predicted octanol–water partition coefficient (Wildman–Crippen LogP) is 3.15. The van der Waals surface area contributed by atoms with E-state index in [9.17, 15) is 14.3 Å². The third kappa shape index (κ3) is 1.84. The topological polar surface area (TPSA) is 54.6 Å². The number of aromatic nitrogens is 2. The van der Waals surface area contributed by atoms with Gasteiger partial charge in [-0.25, -0.2) is 14.2 Å². The van der Waals surface area contributed by atoms with Crippen LogP contribution in [0.1, 0.15) is 16.2 Å². The molecule has 3 aromatic rings. The maximum Gasteiger partial charge on any atom is 0.356 e. The Kier molecular flexibility index (Phi) is 2.75. The highest BCUT2D eigenvalue weighted by molar-refractivity contribution is 5.95. The van der Waals surface area contributed by atoms with Gasteiger partial charge in [0.15, 0.2) is 5.69 Å². The van der Waals surface area contributed by atoms with Gasteiger partial charge in [0.2, 0.25) is 0 Å². The first-order chi connectivity index (χ1) is 9.58. The summed E-state index contributed by atoms with van der Waals surface area (Å²) in [5.74, 6) is -0.929. The van der Waals surface area contributed by atoms with E-state index in [1.165, 1.54) is 12.1 Å². The zero-order valence-corrected chi connectivity index (χ0v) is 10.7. The lowest BCUT2D eigenvalue weighted by molar-refractivity contribution is 0.0693. The quantitative estimate of drug-likeness (QED) is 0.778. The summed E-state index contributed by atoms with van der Waals surface area (Å²) in [6.45, 7) is 1.87. The van der Waals surface area contributed by atoms with Gasteiger partial charge in [-0.15, -0.1) is 0 Å². The van der Waals surface area contributed by atoms with E-state index in [-0.39, 0.29) is 11.5 Å². The molecule has 1 aromatic carbocycles. The van der Waals surface area contributed by atoms with Gasteiger partial charge in [0.1, 0.15) is 11.6 Å². The molecule has 0 aliphatic rings. The first kappa shape index (κ1) is 12.3. The van der Waals surface area contributed by atoms with Gasteiger partial charge in [-0.1, -0.05) is 6.07 Å². The highest BCUT2D eigenvalue weighted by Crippen LogP contribution is 2.24. The molecule has 2 heterocycles. The Morgan fingerprint density at radius 1 is 1.20 bits per heavy atom. The zero-order valence-electron chi connectivity index (χ0n) is 10.7. The van der Waals surface area contributed by atoms with Crippen molar-refractivity contribution in [1.82, 2.24) is 9.38 Å². The van der Waals surface area contributed by atoms with Crippen LogP contribution >= 0.6 is 0 Å². The highest BCUT2D eigenvalue weighted by Gasteiger charge is 2.18. The van der Waals surface area contributed by atoms with Crippen molar-refractivity contribution in [3.63, 3.8) is 0 Å². The molecule has 0 unspecified atom stereocenters. The average Bonchev–Trinajstić information content (AvgIpc) is 2.81. The second-order valence-electron chi connectivity index (χ2n) is 4.48. The van der Waals surface area contributed by atoms with Crippen LogP contribution in [-0.2, 0) is 0 Å². The molecule has 0 fully saturated rings. The van der Waals surface area contributed by atoms with Gasteiger partial charge < -0.3 is 5.11 Å². The normalized spacial score (nSPS) is 10.9. The third-order valence-corrected chi connectivity index (χ3v) is 3.16. The number of carboxylic acids is 1. The minimum absolute atomic E-state index is 0.00646. The smallest absolute Gasteiger partial charge is 0.356 e. The molecule has 0 saturated heterocycles. The fraction of sp³-hybridized carbons (Fsp3) is 0.0667. The van der Waals surface area contributed by atoms with E-state index < -0.39 is 5.97 Å². The Hall–Kier alpha value is -2.69. The van der Waals surface area contributed by atoms with Crippen LogP contribution in [0, 0.1) is 12.7 Å². The molecule has 100 valence electrons. The number of nitrogens with zero attached hydrogens (tertiary/aromatic N) is 2. The Bertz CT molecular complexity index is 807. The summed E-state index contributed by atoms with van der Waals surface area (Å²) in [6, 6.07) is 11.2. The first-order valence-electron chi connectivity index (χ1n) is 6.05. The summed E-state index contributed by atoms with van der Waals surface area (Å²) in [4.78, 5) is 15.5. The lowest BCUT2D eigenvalue weighted by Gasteiger charge is -2.04. The molecular weight excluding hydrogens is 259 g/mol. The van der Waals surface area contributed by atoms with E-state index in [1.807, 2.05) is 13.0 Å². The number of carbonyl (C=O) groups is 1. The van der Waals surface area contributed by atoms with Crippen LogP contribution < -0.4 is 0 Å². The Morgan fingerprint density at radius 2 is 1.90 bits per heavy atom. The van der Waals surface area contributed by atoms with Crippen molar-refractivity contribution in [3.05, 3.63) is 59.7 Å². The second-order valence-corrected chi connectivity index (χ2v) is 4.48. The predicted molar refractivity (Wildman–Crippen MR) is 72.3 cm³/mol. The number of rotatable bonds is 2. The van der Waals surface area contributed by atoms with Crippen LogP contribution in [0.25, 0.3) is 16.9 Å². The lowest BCUT2D eigenvalue weighted by Crippen LogP contribution is -1.97. The highest BCUT2D eigenvalue weighted by atomic mass is 19.1. The number of hydrogen-bond donors (Lipinski definition) is 1. The Morgan fingerprint density at radius 3 is 2.55 bits per heavy atom. The monoisotopic (exact) mass is 270 g/mol. The molecule has 0 spiro atoms. The van der Waals surface area contributed by atoms with Crippen molar-refractivity contribution in [3.8, 4) is 11.4 Å². The van der Waals surface area contributed by atoms with Crippen molar-refractivity contribution < 1.29 is 14.3 Å². The molecule has 0 amide bonds. The van der Waals surface area contributed by atoms with Crippen LogP contribution in [0.5, 0.6) is 0 Å². The zero-order chi connectivity index (χ0) is 14.3. The van der Waals surface area contributed by atoms with Gasteiger partial charge in [0.25, 0.3) is 0 Å². The van der Waals surface area contributed by atoms with Gasteiger partial charge in [-0.05, 0) is 43.3 Å². The number of aromatic carboxylic acids is 1. The summed E-state index contributed by atoms with van der Waals surface area (Å²) in [5.41, 5.74) is 2.05. The second kappa shape index (κ2) is 4.45. The fourth-order valence-electron chi connectivity index (χ4n) is 2.25. The molecule has 0 aliphatic carbocycles. The Balaban J connectivity index is 2.35. The maximum atomic E-state index is 13.0. The standard InChI is InChI=1S/C15H11FN2O2/c1-9-3-2-4-12-13(15(19)20)17-14(18(9)12)10-5-7-11(16)8-6-10/h2-8H,1H3,(H,19,20). The average molecular weight is 270 g/mol. The molecule has 0 radical (unpaired) electrons. The molecule has 0 atom stereocenters. The molecule has 20 heavy (non-hydrogen) atoms.